The van der Waals surface area contributed by atoms with Gasteiger partial charge in [-0.1, -0.05) is 31.4 Å². The third kappa shape index (κ3) is 3.75. The van der Waals surface area contributed by atoms with Crippen molar-refractivity contribution >= 4 is 6.21 Å². The third-order valence-electron chi connectivity index (χ3n) is 2.96. The predicted octanol–water partition coefficient (Wildman–Crippen LogP) is 2.58. The number of benzene rings is 1. The summed E-state index contributed by atoms with van der Waals surface area (Å²) in [7, 11) is 0. The highest BCUT2D eigenvalue weighted by atomic mass is 16.7. The zero-order valence-corrected chi connectivity index (χ0v) is 9.80. The van der Waals surface area contributed by atoms with Gasteiger partial charge in [0.2, 0.25) is 0 Å². The van der Waals surface area contributed by atoms with Crippen molar-refractivity contribution in [3.05, 3.63) is 29.8 Å². The van der Waals surface area contributed by atoms with Crippen molar-refractivity contribution in [2.45, 2.75) is 38.2 Å². The molecule has 1 aliphatic carbocycles. The Hall–Kier alpha value is -1.55. The van der Waals surface area contributed by atoms with Crippen LogP contribution >= 0.6 is 0 Å². The molecule has 0 saturated heterocycles. The number of nitrogens with zero attached hydrogens (tertiary/aromatic N) is 1. The maximum atomic E-state index is 9.50. The molecule has 0 atom stereocenters. The third-order valence-corrected chi connectivity index (χ3v) is 2.96. The molecule has 17 heavy (non-hydrogen) atoms. The van der Waals surface area contributed by atoms with Crippen molar-refractivity contribution in [1.29, 1.82) is 0 Å². The van der Waals surface area contributed by atoms with Crippen molar-refractivity contribution in [3.63, 3.8) is 0 Å². The van der Waals surface area contributed by atoms with Gasteiger partial charge < -0.3 is 5.11 Å². The van der Waals surface area contributed by atoms with Gasteiger partial charge in [-0.15, -0.1) is 0 Å². The van der Waals surface area contributed by atoms with E-state index in [0.717, 1.165) is 12.8 Å². The van der Waals surface area contributed by atoms with Crippen LogP contribution in [0, 0.1) is 0 Å². The Morgan fingerprint density at radius 1 is 1.24 bits per heavy atom. The molecule has 0 spiro atoms. The first-order valence-corrected chi connectivity index (χ1v) is 6.08. The molecule has 1 saturated carbocycles. The number of phenolic OH excluding ortho intramolecular Hbond substituents is 1. The van der Waals surface area contributed by atoms with E-state index in [1.54, 1.807) is 24.4 Å². The minimum Gasteiger partial charge on any atom is -0.507 e. The smallest absolute Gasteiger partial charge is 0.124 e. The summed E-state index contributed by atoms with van der Waals surface area (Å²) in [6.45, 7) is 0. The molecule has 0 heterocycles. The normalized spacial score (nSPS) is 17.4. The number of phenols is 1. The molecule has 1 aliphatic rings. The maximum Gasteiger partial charge on any atom is 0.124 e. The molecular formula is C13H18N2O2. The molecule has 0 radical (unpaired) electrons. The van der Waals surface area contributed by atoms with Gasteiger partial charge in [-0.25, -0.2) is 0 Å². The molecule has 0 unspecified atom stereocenters. The van der Waals surface area contributed by atoms with E-state index in [9.17, 15) is 5.11 Å². The summed E-state index contributed by atoms with van der Waals surface area (Å²) in [6, 6.07) is 7.05. The Bertz CT molecular complexity index is 373. The van der Waals surface area contributed by atoms with E-state index in [1.165, 1.54) is 19.3 Å². The summed E-state index contributed by atoms with van der Waals surface area (Å²) >= 11 is 0. The monoisotopic (exact) mass is 234 g/mol. The van der Waals surface area contributed by atoms with Crippen LogP contribution in [-0.2, 0) is 4.84 Å². The molecule has 0 aromatic heterocycles. The van der Waals surface area contributed by atoms with Crippen molar-refractivity contribution in [1.82, 2.24) is 5.59 Å². The van der Waals surface area contributed by atoms with Crippen molar-refractivity contribution in [2.75, 3.05) is 0 Å². The van der Waals surface area contributed by atoms with E-state index in [0.29, 0.717) is 5.56 Å². The Labute approximate surface area is 101 Å². The highest BCUT2D eigenvalue weighted by Crippen LogP contribution is 2.19. The van der Waals surface area contributed by atoms with E-state index in [1.807, 2.05) is 6.07 Å². The lowest BCUT2D eigenvalue weighted by atomic mass is 9.98. The van der Waals surface area contributed by atoms with Gasteiger partial charge in [0.15, 0.2) is 0 Å². The second-order valence-corrected chi connectivity index (χ2v) is 4.29. The highest BCUT2D eigenvalue weighted by molar-refractivity contribution is 5.82. The van der Waals surface area contributed by atoms with Gasteiger partial charge in [0, 0.05) is 5.56 Å². The molecular weight excluding hydrogens is 216 g/mol. The largest absolute Gasteiger partial charge is 0.507 e. The summed E-state index contributed by atoms with van der Waals surface area (Å²) in [5.74, 6) is 0.218. The minimum absolute atomic E-state index is 0.218. The molecule has 0 amide bonds. The summed E-state index contributed by atoms with van der Waals surface area (Å²) in [4.78, 5) is 5.41. The molecule has 4 heteroatoms. The molecule has 2 rings (SSSR count). The van der Waals surface area contributed by atoms with Crippen LogP contribution in [0.1, 0.15) is 37.7 Å². The van der Waals surface area contributed by atoms with Crippen LogP contribution in [0.5, 0.6) is 5.75 Å². The van der Waals surface area contributed by atoms with Crippen LogP contribution < -0.4 is 5.59 Å². The zero-order chi connectivity index (χ0) is 11.9. The molecule has 1 fully saturated rings. The molecule has 0 aliphatic heterocycles. The Morgan fingerprint density at radius 3 is 2.76 bits per heavy atom. The summed E-state index contributed by atoms with van der Waals surface area (Å²) in [6.07, 6.45) is 7.79. The first kappa shape index (κ1) is 11.9. The van der Waals surface area contributed by atoms with Crippen molar-refractivity contribution < 1.29 is 9.94 Å². The lowest BCUT2D eigenvalue weighted by molar-refractivity contribution is -0.0405. The van der Waals surface area contributed by atoms with Crippen molar-refractivity contribution in [3.8, 4) is 5.75 Å². The van der Waals surface area contributed by atoms with Gasteiger partial charge in [-0.05, 0) is 25.0 Å². The van der Waals surface area contributed by atoms with E-state index >= 15 is 0 Å². The first-order chi connectivity index (χ1) is 8.36. The van der Waals surface area contributed by atoms with Crippen LogP contribution in [-0.4, -0.2) is 17.4 Å². The van der Waals surface area contributed by atoms with Crippen LogP contribution in [0.4, 0.5) is 0 Å². The summed E-state index contributed by atoms with van der Waals surface area (Å²) < 4.78 is 0. The molecule has 0 bridgehead atoms. The lowest BCUT2D eigenvalue weighted by Gasteiger charge is -2.20. The highest BCUT2D eigenvalue weighted by Gasteiger charge is 2.13. The number of nitrogens with one attached hydrogen (secondary N) is 1. The number of rotatable bonds is 4. The number of hydrogen-bond donors (Lipinski definition) is 2. The Kier molecular flexibility index (Phi) is 4.38. The topological polar surface area (TPSA) is 53.9 Å². The summed E-state index contributed by atoms with van der Waals surface area (Å²) in [5.41, 5.74) is 3.26. The number of hydrazone groups is 1. The summed E-state index contributed by atoms with van der Waals surface area (Å²) in [5, 5.41) is 13.4. The number of aromatic hydroxyl groups is 1. The van der Waals surface area contributed by atoms with E-state index < -0.39 is 0 Å². The number of hydrogen-bond acceptors (Lipinski definition) is 4. The quantitative estimate of drug-likeness (QED) is 0.622. The molecule has 92 valence electrons. The van der Waals surface area contributed by atoms with Gasteiger partial charge >= 0.3 is 0 Å². The van der Waals surface area contributed by atoms with Crippen molar-refractivity contribution in [2.24, 2.45) is 5.10 Å². The lowest BCUT2D eigenvalue weighted by Crippen LogP contribution is -2.22. The van der Waals surface area contributed by atoms with Gasteiger partial charge in [0.1, 0.15) is 5.75 Å². The molecule has 1 aromatic carbocycles. The SMILES string of the molecule is Oc1ccccc1/C=N/NOC1CCCCC1. The van der Waals surface area contributed by atoms with E-state index in [-0.39, 0.29) is 11.9 Å². The predicted molar refractivity (Wildman–Crippen MR) is 66.8 cm³/mol. The van der Waals surface area contributed by atoms with E-state index in [4.69, 9.17) is 4.84 Å². The van der Waals surface area contributed by atoms with Gasteiger partial charge in [-0.3, -0.25) is 4.84 Å². The van der Waals surface area contributed by atoms with Crippen LogP contribution in [0.3, 0.4) is 0 Å². The first-order valence-electron chi connectivity index (χ1n) is 6.08. The fourth-order valence-electron chi connectivity index (χ4n) is 1.98. The van der Waals surface area contributed by atoms with Crippen LogP contribution in [0.2, 0.25) is 0 Å². The minimum atomic E-state index is 0.218. The molecule has 2 N–H and O–H groups in total. The Morgan fingerprint density at radius 2 is 2.00 bits per heavy atom. The molecule has 4 nitrogen and oxygen atoms in total. The van der Waals surface area contributed by atoms with Gasteiger partial charge in [0.05, 0.1) is 12.3 Å². The fourth-order valence-corrected chi connectivity index (χ4v) is 1.98. The van der Waals surface area contributed by atoms with Crippen LogP contribution in [0.15, 0.2) is 29.4 Å². The van der Waals surface area contributed by atoms with Gasteiger partial charge in [-0.2, -0.15) is 10.7 Å². The average Bonchev–Trinajstić information content (AvgIpc) is 2.38. The Balaban J connectivity index is 1.76. The van der Waals surface area contributed by atoms with E-state index in [2.05, 4.69) is 10.7 Å². The molecule has 1 aromatic rings. The second kappa shape index (κ2) is 6.25. The van der Waals surface area contributed by atoms with Gasteiger partial charge in [0.25, 0.3) is 0 Å². The zero-order valence-electron chi connectivity index (χ0n) is 9.80. The maximum absolute atomic E-state index is 9.50. The second-order valence-electron chi connectivity index (χ2n) is 4.29. The standard InChI is InChI=1S/C13H18N2O2/c16-13-9-5-4-6-11(13)10-14-15-17-12-7-2-1-3-8-12/h4-6,9-10,12,15-16H,1-3,7-8H2/b14-10+. The fraction of sp³-hybridized carbons (Fsp3) is 0.462. The van der Waals surface area contributed by atoms with Crippen LogP contribution in [0.25, 0.3) is 0 Å². The number of para-hydroxylation sites is 1. The average molecular weight is 234 g/mol.